The highest BCUT2D eigenvalue weighted by Crippen LogP contribution is 2.10. The lowest BCUT2D eigenvalue weighted by Crippen LogP contribution is -1.94. The molecule has 0 aromatic carbocycles. The van der Waals surface area contributed by atoms with Gasteiger partial charge in [0.1, 0.15) is 0 Å². The van der Waals surface area contributed by atoms with E-state index in [0.717, 1.165) is 0 Å². The Kier molecular flexibility index (Phi) is 3.10. The molecule has 64 valence electrons. The minimum absolute atomic E-state index is 0.448. The maximum absolute atomic E-state index is 12.6. The van der Waals surface area contributed by atoms with Crippen LogP contribution in [-0.4, -0.2) is 10.7 Å². The van der Waals surface area contributed by atoms with Crippen molar-refractivity contribution in [1.82, 2.24) is 4.98 Å². The molecule has 0 aliphatic carbocycles. The summed E-state index contributed by atoms with van der Waals surface area (Å²) in [5.41, 5.74) is 6.44. The summed E-state index contributed by atoms with van der Waals surface area (Å²) < 4.78 is 12.6. The van der Waals surface area contributed by atoms with E-state index in [-0.39, 0.29) is 0 Å². The lowest BCUT2D eigenvalue weighted by atomic mass is 10.3. The molecule has 0 atom stereocenters. The molecule has 2 N–H and O–H groups in total. The summed E-state index contributed by atoms with van der Waals surface area (Å²) in [5.74, 6) is 0.0560. The number of rotatable bonds is 2. The molecule has 1 aromatic rings. The maximum Gasteiger partial charge on any atom is 0.213 e. The zero-order valence-electron chi connectivity index (χ0n) is 6.37. The average Bonchev–Trinajstić information content (AvgIpc) is 2.07. The van der Waals surface area contributed by atoms with Crippen molar-refractivity contribution in [2.75, 3.05) is 11.5 Å². The van der Waals surface area contributed by atoms with Crippen LogP contribution >= 0.6 is 12.6 Å². The predicted molar refractivity (Wildman–Crippen MR) is 51.5 cm³/mol. The summed E-state index contributed by atoms with van der Waals surface area (Å²) in [6.45, 7) is 0. The summed E-state index contributed by atoms with van der Waals surface area (Å²) in [6.07, 6.45) is 3.40. The molecule has 12 heavy (non-hydrogen) atoms. The Hall–Kier alpha value is -1.03. The third-order valence-corrected chi connectivity index (χ3v) is 1.52. The molecule has 0 radical (unpaired) electrons. The average molecular weight is 184 g/mol. The maximum atomic E-state index is 12.6. The molecular formula is C8H9FN2S. The van der Waals surface area contributed by atoms with Gasteiger partial charge in [-0.25, -0.2) is 4.98 Å². The minimum atomic E-state index is -0.525. The van der Waals surface area contributed by atoms with Gasteiger partial charge in [-0.15, -0.1) is 0 Å². The second-order valence-electron chi connectivity index (χ2n) is 2.19. The van der Waals surface area contributed by atoms with Crippen LogP contribution in [0.2, 0.25) is 0 Å². The number of hydrogen-bond acceptors (Lipinski definition) is 3. The number of halogens is 1. The molecule has 0 fully saturated rings. The highest BCUT2D eigenvalue weighted by molar-refractivity contribution is 7.80. The molecule has 4 heteroatoms. The van der Waals surface area contributed by atoms with Crippen molar-refractivity contribution in [2.45, 2.75) is 0 Å². The normalized spacial score (nSPS) is 10.8. The van der Waals surface area contributed by atoms with E-state index in [0.29, 0.717) is 17.1 Å². The number of pyridine rings is 1. The van der Waals surface area contributed by atoms with Crippen LogP contribution in [0.3, 0.4) is 0 Å². The number of hydrogen-bond donors (Lipinski definition) is 2. The Morgan fingerprint density at radius 1 is 1.58 bits per heavy atom. The van der Waals surface area contributed by atoms with Gasteiger partial charge in [-0.3, -0.25) is 0 Å². The van der Waals surface area contributed by atoms with Crippen LogP contribution in [0, 0.1) is 5.95 Å². The van der Waals surface area contributed by atoms with Gasteiger partial charge in [-0.05, 0) is 18.2 Å². The first-order valence-corrected chi connectivity index (χ1v) is 4.06. The van der Waals surface area contributed by atoms with Crippen LogP contribution in [0.4, 0.5) is 10.1 Å². The largest absolute Gasteiger partial charge is 0.397 e. The van der Waals surface area contributed by atoms with Gasteiger partial charge >= 0.3 is 0 Å². The third kappa shape index (κ3) is 2.23. The molecule has 0 aliphatic heterocycles. The summed E-state index contributed by atoms with van der Waals surface area (Å²) >= 11 is 3.96. The van der Waals surface area contributed by atoms with E-state index in [9.17, 15) is 4.39 Å². The number of nitrogens with zero attached hydrogens (tertiary/aromatic N) is 1. The molecule has 0 amide bonds. The Labute approximate surface area is 75.7 Å². The van der Waals surface area contributed by atoms with E-state index in [2.05, 4.69) is 17.6 Å². The number of nitrogen functional groups attached to an aromatic ring is 1. The Balaban J connectivity index is 2.97. The van der Waals surface area contributed by atoms with E-state index < -0.39 is 5.95 Å². The molecule has 0 bridgehead atoms. The molecule has 1 aromatic heterocycles. The molecule has 1 heterocycles. The van der Waals surface area contributed by atoms with Gasteiger partial charge < -0.3 is 5.73 Å². The van der Waals surface area contributed by atoms with Crippen LogP contribution in [0.25, 0.3) is 6.08 Å². The van der Waals surface area contributed by atoms with Gasteiger partial charge in [0.05, 0.1) is 11.4 Å². The van der Waals surface area contributed by atoms with Gasteiger partial charge in [-0.1, -0.05) is 6.08 Å². The van der Waals surface area contributed by atoms with Crippen molar-refractivity contribution in [1.29, 1.82) is 0 Å². The summed E-state index contributed by atoms with van der Waals surface area (Å²) in [5, 5.41) is 0. The lowest BCUT2D eigenvalue weighted by Gasteiger charge is -1.97. The SMILES string of the molecule is Nc1ccc(F)nc1C=CCS. The van der Waals surface area contributed by atoms with Crippen LogP contribution < -0.4 is 5.73 Å². The topological polar surface area (TPSA) is 38.9 Å². The fourth-order valence-corrected chi connectivity index (χ4v) is 0.864. The number of aromatic nitrogens is 1. The van der Waals surface area contributed by atoms with E-state index in [1.54, 1.807) is 12.2 Å². The first kappa shape index (κ1) is 9.06. The lowest BCUT2D eigenvalue weighted by molar-refractivity contribution is 0.583. The van der Waals surface area contributed by atoms with E-state index >= 15 is 0 Å². The first-order valence-electron chi connectivity index (χ1n) is 3.43. The Morgan fingerprint density at radius 2 is 2.33 bits per heavy atom. The molecule has 0 saturated carbocycles. The van der Waals surface area contributed by atoms with Crippen molar-refractivity contribution in [3.63, 3.8) is 0 Å². The van der Waals surface area contributed by atoms with Crippen molar-refractivity contribution in [3.05, 3.63) is 29.9 Å². The molecule has 0 aliphatic rings. The zero-order valence-corrected chi connectivity index (χ0v) is 7.26. The third-order valence-electron chi connectivity index (χ3n) is 1.30. The predicted octanol–water partition coefficient (Wildman–Crippen LogP) is 1.75. The molecular weight excluding hydrogens is 175 g/mol. The number of nitrogens with two attached hydrogens (primary N) is 1. The monoisotopic (exact) mass is 184 g/mol. The fourth-order valence-electron chi connectivity index (χ4n) is 0.759. The van der Waals surface area contributed by atoms with Crippen LogP contribution in [-0.2, 0) is 0 Å². The molecule has 2 nitrogen and oxygen atoms in total. The second-order valence-corrected chi connectivity index (χ2v) is 2.56. The highest BCUT2D eigenvalue weighted by Gasteiger charge is 1.97. The molecule has 1 rings (SSSR count). The van der Waals surface area contributed by atoms with Crippen molar-refractivity contribution in [3.8, 4) is 0 Å². The highest BCUT2D eigenvalue weighted by atomic mass is 32.1. The Morgan fingerprint density at radius 3 is 3.00 bits per heavy atom. The number of anilines is 1. The Bertz CT molecular complexity index is 299. The van der Waals surface area contributed by atoms with Crippen LogP contribution in [0.5, 0.6) is 0 Å². The first-order chi connectivity index (χ1) is 5.74. The van der Waals surface area contributed by atoms with Gasteiger partial charge in [-0.2, -0.15) is 17.0 Å². The van der Waals surface area contributed by atoms with E-state index in [1.165, 1.54) is 12.1 Å². The van der Waals surface area contributed by atoms with Crippen LogP contribution in [0.15, 0.2) is 18.2 Å². The molecule has 0 spiro atoms. The number of thiol groups is 1. The van der Waals surface area contributed by atoms with Gasteiger partial charge in [0.2, 0.25) is 5.95 Å². The minimum Gasteiger partial charge on any atom is -0.397 e. The van der Waals surface area contributed by atoms with Gasteiger partial charge in [0, 0.05) is 5.75 Å². The van der Waals surface area contributed by atoms with E-state index in [1.807, 2.05) is 0 Å². The smallest absolute Gasteiger partial charge is 0.213 e. The second kappa shape index (κ2) is 4.11. The van der Waals surface area contributed by atoms with Crippen LogP contribution in [0.1, 0.15) is 5.69 Å². The quantitative estimate of drug-likeness (QED) is 0.543. The molecule has 0 saturated heterocycles. The summed E-state index contributed by atoms with van der Waals surface area (Å²) in [7, 11) is 0. The van der Waals surface area contributed by atoms with Crippen molar-refractivity contribution < 1.29 is 4.39 Å². The van der Waals surface area contributed by atoms with E-state index in [4.69, 9.17) is 5.73 Å². The fraction of sp³-hybridized carbons (Fsp3) is 0.125. The standard InChI is InChI=1S/C8H9FN2S/c9-8-4-3-6(10)7(11-8)2-1-5-12/h1-4,12H,5,10H2. The van der Waals surface area contributed by atoms with Gasteiger partial charge in [0.15, 0.2) is 0 Å². The molecule has 0 unspecified atom stereocenters. The summed E-state index contributed by atoms with van der Waals surface area (Å²) in [4.78, 5) is 3.60. The summed E-state index contributed by atoms with van der Waals surface area (Å²) in [6, 6.07) is 2.72. The van der Waals surface area contributed by atoms with Crippen molar-refractivity contribution >= 4 is 24.4 Å². The van der Waals surface area contributed by atoms with Crippen molar-refractivity contribution in [2.24, 2.45) is 0 Å². The van der Waals surface area contributed by atoms with Gasteiger partial charge in [0.25, 0.3) is 0 Å². The zero-order chi connectivity index (χ0) is 8.97.